The van der Waals surface area contributed by atoms with Gasteiger partial charge in [0.05, 0.1) is 16.5 Å². The Bertz CT molecular complexity index is 1040. The quantitative estimate of drug-likeness (QED) is 0.196. The van der Waals surface area contributed by atoms with Gasteiger partial charge in [-0.1, -0.05) is 54.6 Å². The normalized spacial score (nSPS) is 10.6. The number of carbonyl (C=O) groups excluding carboxylic acids is 1. The Morgan fingerprint density at radius 2 is 1.06 bits per heavy atom. The first-order valence-electron chi connectivity index (χ1n) is 10.1. The molecule has 0 amide bonds. The van der Waals surface area contributed by atoms with Crippen molar-refractivity contribution >= 4 is 16.9 Å². The SMILES string of the molecule is O=C(OCCOc1ccc([S+](c2ccccc2)c2ccccc2)cc1)c1ccccc1. The van der Waals surface area contributed by atoms with Crippen molar-refractivity contribution in [3.63, 3.8) is 0 Å². The average molecular weight is 428 g/mol. The number of benzene rings is 4. The number of rotatable bonds is 8. The molecule has 0 saturated carbocycles. The van der Waals surface area contributed by atoms with Crippen molar-refractivity contribution in [2.45, 2.75) is 14.7 Å². The zero-order valence-electron chi connectivity index (χ0n) is 17.0. The van der Waals surface area contributed by atoms with E-state index in [1.807, 2.05) is 42.5 Å². The molecule has 0 aromatic heterocycles. The van der Waals surface area contributed by atoms with Crippen molar-refractivity contribution in [2.75, 3.05) is 13.2 Å². The zero-order valence-corrected chi connectivity index (χ0v) is 17.8. The molecule has 4 aromatic carbocycles. The van der Waals surface area contributed by atoms with Gasteiger partial charge in [0, 0.05) is 0 Å². The Morgan fingerprint density at radius 3 is 1.61 bits per heavy atom. The molecule has 0 fully saturated rings. The highest BCUT2D eigenvalue weighted by Crippen LogP contribution is 2.31. The van der Waals surface area contributed by atoms with Crippen molar-refractivity contribution < 1.29 is 14.3 Å². The number of carbonyl (C=O) groups is 1. The third-order valence-electron chi connectivity index (χ3n) is 4.61. The molecular weight excluding hydrogens is 404 g/mol. The highest BCUT2D eigenvalue weighted by atomic mass is 32.2. The van der Waals surface area contributed by atoms with Gasteiger partial charge in [-0.05, 0) is 60.7 Å². The summed E-state index contributed by atoms with van der Waals surface area (Å²) in [5.74, 6) is 0.415. The summed E-state index contributed by atoms with van der Waals surface area (Å²) in [6, 6.07) is 38.2. The molecule has 0 aliphatic heterocycles. The van der Waals surface area contributed by atoms with Crippen LogP contribution >= 0.6 is 0 Å². The fourth-order valence-corrected chi connectivity index (χ4v) is 5.23. The number of esters is 1. The van der Waals surface area contributed by atoms with Gasteiger partial charge in [-0.3, -0.25) is 0 Å². The van der Waals surface area contributed by atoms with Crippen LogP contribution < -0.4 is 4.74 Å². The van der Waals surface area contributed by atoms with Crippen LogP contribution in [-0.4, -0.2) is 19.2 Å². The van der Waals surface area contributed by atoms with Crippen molar-refractivity contribution in [2.24, 2.45) is 0 Å². The highest BCUT2D eigenvalue weighted by molar-refractivity contribution is 7.97. The van der Waals surface area contributed by atoms with Gasteiger partial charge in [-0.2, -0.15) is 0 Å². The largest absolute Gasteiger partial charge is 0.490 e. The molecule has 0 aliphatic rings. The summed E-state index contributed by atoms with van der Waals surface area (Å²) in [6.07, 6.45) is 0. The summed E-state index contributed by atoms with van der Waals surface area (Å²) < 4.78 is 11.0. The lowest BCUT2D eigenvalue weighted by Crippen LogP contribution is -2.12. The van der Waals surface area contributed by atoms with E-state index >= 15 is 0 Å². The Kier molecular flexibility index (Phi) is 7.04. The first kappa shape index (κ1) is 20.8. The summed E-state index contributed by atoms with van der Waals surface area (Å²) in [7, 11) is -0.183. The van der Waals surface area contributed by atoms with Gasteiger partial charge in [0.2, 0.25) is 0 Å². The van der Waals surface area contributed by atoms with Crippen LogP contribution in [0.2, 0.25) is 0 Å². The van der Waals surface area contributed by atoms with Crippen molar-refractivity contribution in [1.29, 1.82) is 0 Å². The molecule has 31 heavy (non-hydrogen) atoms. The fourth-order valence-electron chi connectivity index (χ4n) is 3.14. The van der Waals surface area contributed by atoms with Crippen molar-refractivity contribution in [1.82, 2.24) is 0 Å². The molecule has 0 saturated heterocycles. The van der Waals surface area contributed by atoms with E-state index < -0.39 is 0 Å². The lowest BCUT2D eigenvalue weighted by Gasteiger charge is -2.10. The Hall–Kier alpha value is -3.50. The maximum absolute atomic E-state index is 12.0. The van der Waals surface area contributed by atoms with Gasteiger partial charge >= 0.3 is 5.97 Å². The van der Waals surface area contributed by atoms with E-state index in [4.69, 9.17) is 9.47 Å². The fraction of sp³-hybridized carbons (Fsp3) is 0.0741. The molecule has 4 heteroatoms. The van der Waals surface area contributed by atoms with Crippen LogP contribution in [0.1, 0.15) is 10.4 Å². The molecule has 0 heterocycles. The molecule has 0 unspecified atom stereocenters. The van der Waals surface area contributed by atoms with Gasteiger partial charge in [0.15, 0.2) is 14.7 Å². The second-order valence-electron chi connectivity index (χ2n) is 6.75. The maximum Gasteiger partial charge on any atom is 0.338 e. The molecule has 4 rings (SSSR count). The Morgan fingerprint density at radius 1 is 0.581 bits per heavy atom. The van der Waals surface area contributed by atoms with Gasteiger partial charge in [0.25, 0.3) is 0 Å². The number of hydrogen-bond acceptors (Lipinski definition) is 3. The molecule has 0 spiro atoms. The summed E-state index contributed by atoms with van der Waals surface area (Å²) >= 11 is 0. The Labute approximate surface area is 185 Å². The van der Waals surface area contributed by atoms with Gasteiger partial charge in [-0.15, -0.1) is 0 Å². The van der Waals surface area contributed by atoms with E-state index in [9.17, 15) is 4.79 Å². The topological polar surface area (TPSA) is 35.5 Å². The average Bonchev–Trinajstić information content (AvgIpc) is 2.85. The smallest absolute Gasteiger partial charge is 0.338 e. The standard InChI is InChI=1S/C27H23O3S/c28-27(22-10-4-1-5-11-22)30-21-20-29-23-16-18-26(19-17-23)31(24-12-6-2-7-13-24)25-14-8-3-9-15-25/h1-19H,20-21H2/q+1. The third kappa shape index (κ3) is 5.56. The monoisotopic (exact) mass is 427 g/mol. The van der Waals surface area contributed by atoms with E-state index in [0.717, 1.165) is 5.75 Å². The second-order valence-corrected chi connectivity index (χ2v) is 8.78. The summed E-state index contributed by atoms with van der Waals surface area (Å²) in [5, 5.41) is 0. The van der Waals surface area contributed by atoms with Crippen LogP contribution in [-0.2, 0) is 15.6 Å². The predicted octanol–water partition coefficient (Wildman–Crippen LogP) is 6.02. The highest BCUT2D eigenvalue weighted by Gasteiger charge is 2.28. The molecule has 0 aliphatic carbocycles. The molecule has 3 nitrogen and oxygen atoms in total. The lowest BCUT2D eigenvalue weighted by molar-refractivity contribution is 0.0450. The Balaban J connectivity index is 1.39. The number of hydrogen-bond donors (Lipinski definition) is 0. The van der Waals surface area contributed by atoms with Crippen molar-refractivity contribution in [3.8, 4) is 5.75 Å². The second kappa shape index (κ2) is 10.5. The first-order chi connectivity index (χ1) is 15.3. The molecular formula is C27H23O3S+. The van der Waals surface area contributed by atoms with Crippen LogP contribution in [0, 0.1) is 0 Å². The molecule has 4 aromatic rings. The molecule has 0 radical (unpaired) electrons. The molecule has 0 N–H and O–H groups in total. The molecule has 154 valence electrons. The number of ether oxygens (including phenoxy) is 2. The van der Waals surface area contributed by atoms with Crippen molar-refractivity contribution in [3.05, 3.63) is 121 Å². The summed E-state index contributed by atoms with van der Waals surface area (Å²) in [4.78, 5) is 15.7. The van der Waals surface area contributed by atoms with Crippen LogP contribution in [0.4, 0.5) is 0 Å². The van der Waals surface area contributed by atoms with Crippen LogP contribution in [0.5, 0.6) is 5.75 Å². The van der Waals surface area contributed by atoms with Crippen LogP contribution in [0.25, 0.3) is 0 Å². The minimum atomic E-state index is -0.339. The van der Waals surface area contributed by atoms with Crippen LogP contribution in [0.3, 0.4) is 0 Å². The van der Waals surface area contributed by atoms with E-state index in [0.29, 0.717) is 12.2 Å². The minimum absolute atomic E-state index is 0.183. The van der Waals surface area contributed by atoms with Crippen LogP contribution in [0.15, 0.2) is 130 Å². The summed E-state index contributed by atoms with van der Waals surface area (Å²) in [6.45, 7) is 0.509. The van der Waals surface area contributed by atoms with Gasteiger partial charge < -0.3 is 9.47 Å². The molecule has 0 atom stereocenters. The van der Waals surface area contributed by atoms with E-state index in [-0.39, 0.29) is 23.5 Å². The first-order valence-corrected chi connectivity index (χ1v) is 11.3. The minimum Gasteiger partial charge on any atom is -0.490 e. The summed E-state index contributed by atoms with van der Waals surface area (Å²) in [5.41, 5.74) is 0.542. The predicted molar refractivity (Wildman–Crippen MR) is 124 cm³/mol. The van der Waals surface area contributed by atoms with E-state index in [1.165, 1.54) is 14.7 Å². The van der Waals surface area contributed by atoms with E-state index in [1.54, 1.807) is 12.1 Å². The molecule has 0 bridgehead atoms. The third-order valence-corrected chi connectivity index (χ3v) is 6.84. The van der Waals surface area contributed by atoms with Gasteiger partial charge in [-0.25, -0.2) is 4.79 Å². The maximum atomic E-state index is 12.0. The zero-order chi connectivity index (χ0) is 21.3. The lowest BCUT2D eigenvalue weighted by atomic mass is 10.2. The van der Waals surface area contributed by atoms with Gasteiger partial charge in [0.1, 0.15) is 19.0 Å². The van der Waals surface area contributed by atoms with E-state index in [2.05, 4.69) is 60.7 Å².